The molecule has 4 heteroatoms. The molecule has 0 aromatic carbocycles. The molecule has 60 valence electrons. The number of rotatable bonds is 1. The van der Waals surface area contributed by atoms with Gasteiger partial charge >= 0.3 is 6.03 Å². The zero-order valence-electron chi connectivity index (χ0n) is 6.50. The quantitative estimate of drug-likeness (QED) is 0.685. The second kappa shape index (κ2) is 3.39. The topological polar surface area (TPSA) is 32.3 Å². The molecule has 0 saturated carbocycles. The molecule has 0 aliphatic heterocycles. The van der Waals surface area contributed by atoms with E-state index in [1.807, 2.05) is 17.5 Å². The van der Waals surface area contributed by atoms with Crippen molar-refractivity contribution in [3.05, 3.63) is 17.5 Å². The second-order valence-electron chi connectivity index (χ2n) is 2.30. The van der Waals surface area contributed by atoms with Gasteiger partial charge in [0.25, 0.3) is 0 Å². The molecule has 2 amide bonds. The standard InChI is InChI=1S/C7H10N2OS/c1-9(2)7(10)8-6-4-3-5-11-6/h3-5H,1-2H3,(H,8,10). The summed E-state index contributed by atoms with van der Waals surface area (Å²) in [5, 5.41) is 5.53. The lowest BCUT2D eigenvalue weighted by atomic mass is 10.6. The molecule has 1 rings (SSSR count). The molecule has 1 aromatic rings. The molecular weight excluding hydrogens is 160 g/mol. The van der Waals surface area contributed by atoms with Crippen molar-refractivity contribution < 1.29 is 4.79 Å². The third-order valence-corrected chi connectivity index (χ3v) is 1.94. The summed E-state index contributed by atoms with van der Waals surface area (Å²) in [7, 11) is 3.42. The van der Waals surface area contributed by atoms with E-state index in [2.05, 4.69) is 5.32 Å². The molecule has 0 spiro atoms. The Bertz CT molecular complexity index is 231. The van der Waals surface area contributed by atoms with Crippen molar-refractivity contribution in [1.29, 1.82) is 0 Å². The van der Waals surface area contributed by atoms with Crippen LogP contribution in [0.3, 0.4) is 0 Å². The number of urea groups is 1. The Morgan fingerprint density at radius 3 is 2.82 bits per heavy atom. The predicted octanol–water partition coefficient (Wildman–Crippen LogP) is 1.84. The number of hydrogen-bond acceptors (Lipinski definition) is 2. The molecule has 3 nitrogen and oxygen atoms in total. The summed E-state index contributed by atoms with van der Waals surface area (Å²) in [5.74, 6) is 0. The average molecular weight is 170 g/mol. The first-order chi connectivity index (χ1) is 5.20. The fourth-order valence-electron chi connectivity index (χ4n) is 0.567. The van der Waals surface area contributed by atoms with E-state index in [1.165, 1.54) is 16.2 Å². The molecule has 0 radical (unpaired) electrons. The van der Waals surface area contributed by atoms with E-state index in [1.54, 1.807) is 14.1 Å². The van der Waals surface area contributed by atoms with E-state index in [0.717, 1.165) is 5.00 Å². The molecule has 0 unspecified atom stereocenters. The van der Waals surface area contributed by atoms with Crippen LogP contribution in [-0.2, 0) is 0 Å². The first-order valence-corrected chi connectivity index (χ1v) is 4.10. The van der Waals surface area contributed by atoms with Crippen LogP contribution in [0.5, 0.6) is 0 Å². The summed E-state index contributed by atoms with van der Waals surface area (Å²) in [4.78, 5) is 12.5. The molecule has 0 saturated heterocycles. The third kappa shape index (κ3) is 2.23. The number of carbonyl (C=O) groups is 1. The minimum absolute atomic E-state index is 0.0903. The SMILES string of the molecule is CN(C)C(=O)Nc1cccs1. The fourth-order valence-corrected chi connectivity index (χ4v) is 1.17. The number of nitrogens with one attached hydrogen (secondary N) is 1. The minimum Gasteiger partial charge on any atom is -0.331 e. The lowest BCUT2D eigenvalue weighted by Gasteiger charge is -2.09. The highest BCUT2D eigenvalue weighted by molar-refractivity contribution is 7.14. The van der Waals surface area contributed by atoms with Crippen molar-refractivity contribution in [1.82, 2.24) is 4.90 Å². The zero-order valence-corrected chi connectivity index (χ0v) is 7.31. The summed E-state index contributed by atoms with van der Waals surface area (Å²) < 4.78 is 0. The van der Waals surface area contributed by atoms with Gasteiger partial charge in [0.15, 0.2) is 0 Å². The van der Waals surface area contributed by atoms with Gasteiger partial charge in [-0.05, 0) is 17.5 Å². The van der Waals surface area contributed by atoms with Crippen molar-refractivity contribution in [2.75, 3.05) is 19.4 Å². The minimum atomic E-state index is -0.0903. The van der Waals surface area contributed by atoms with Gasteiger partial charge in [-0.25, -0.2) is 4.79 Å². The van der Waals surface area contributed by atoms with E-state index in [0.29, 0.717) is 0 Å². The smallest absolute Gasteiger partial charge is 0.321 e. The van der Waals surface area contributed by atoms with Crippen LogP contribution in [0.2, 0.25) is 0 Å². The van der Waals surface area contributed by atoms with Crippen LogP contribution in [-0.4, -0.2) is 25.0 Å². The lowest BCUT2D eigenvalue weighted by Crippen LogP contribution is -2.26. The van der Waals surface area contributed by atoms with Gasteiger partial charge in [0.05, 0.1) is 5.00 Å². The third-order valence-electron chi connectivity index (χ3n) is 1.16. The van der Waals surface area contributed by atoms with Crippen molar-refractivity contribution in [2.45, 2.75) is 0 Å². The van der Waals surface area contributed by atoms with Gasteiger partial charge in [-0.2, -0.15) is 0 Å². The molecule has 0 bridgehead atoms. The number of nitrogens with zero attached hydrogens (tertiary/aromatic N) is 1. The van der Waals surface area contributed by atoms with Gasteiger partial charge in [0, 0.05) is 14.1 Å². The van der Waals surface area contributed by atoms with Gasteiger partial charge in [-0.1, -0.05) is 0 Å². The summed E-state index contributed by atoms with van der Waals surface area (Å²) in [6, 6.07) is 3.68. The van der Waals surface area contributed by atoms with Gasteiger partial charge in [-0.15, -0.1) is 11.3 Å². The second-order valence-corrected chi connectivity index (χ2v) is 3.25. The van der Waals surface area contributed by atoms with Crippen LogP contribution in [0, 0.1) is 0 Å². The number of anilines is 1. The van der Waals surface area contributed by atoms with Crippen LogP contribution in [0.15, 0.2) is 17.5 Å². The Kier molecular flexibility index (Phi) is 2.48. The highest BCUT2D eigenvalue weighted by atomic mass is 32.1. The number of amides is 2. The Balaban J connectivity index is 2.50. The van der Waals surface area contributed by atoms with Crippen molar-refractivity contribution in [2.24, 2.45) is 0 Å². The molecule has 0 fully saturated rings. The van der Waals surface area contributed by atoms with E-state index in [9.17, 15) is 4.79 Å². The Hall–Kier alpha value is -1.03. The van der Waals surface area contributed by atoms with Crippen LogP contribution < -0.4 is 5.32 Å². The molecule has 11 heavy (non-hydrogen) atoms. The average Bonchev–Trinajstić information content (AvgIpc) is 2.39. The number of hydrogen-bond donors (Lipinski definition) is 1. The molecule has 0 aliphatic carbocycles. The molecule has 0 atom stereocenters. The van der Waals surface area contributed by atoms with Gasteiger partial charge in [-0.3, -0.25) is 5.32 Å². The largest absolute Gasteiger partial charge is 0.331 e. The Morgan fingerprint density at radius 2 is 2.36 bits per heavy atom. The Labute approximate surface area is 69.6 Å². The first-order valence-electron chi connectivity index (χ1n) is 3.22. The molecular formula is C7H10N2OS. The van der Waals surface area contributed by atoms with Gasteiger partial charge in [0.2, 0.25) is 0 Å². The first kappa shape index (κ1) is 8.07. The maximum atomic E-state index is 11.0. The highest BCUT2D eigenvalue weighted by Gasteiger charge is 2.02. The summed E-state index contributed by atoms with van der Waals surface area (Å²) in [6.45, 7) is 0. The van der Waals surface area contributed by atoms with Crippen molar-refractivity contribution in [3.63, 3.8) is 0 Å². The van der Waals surface area contributed by atoms with Crippen LogP contribution in [0.4, 0.5) is 9.80 Å². The summed E-state index contributed by atoms with van der Waals surface area (Å²) >= 11 is 1.51. The lowest BCUT2D eigenvalue weighted by molar-refractivity contribution is 0.231. The Morgan fingerprint density at radius 1 is 1.64 bits per heavy atom. The summed E-state index contributed by atoms with van der Waals surface area (Å²) in [5.41, 5.74) is 0. The highest BCUT2D eigenvalue weighted by Crippen LogP contribution is 2.14. The van der Waals surface area contributed by atoms with Crippen molar-refractivity contribution >= 4 is 22.4 Å². The van der Waals surface area contributed by atoms with E-state index in [-0.39, 0.29) is 6.03 Å². The van der Waals surface area contributed by atoms with E-state index < -0.39 is 0 Å². The molecule has 1 heterocycles. The van der Waals surface area contributed by atoms with E-state index in [4.69, 9.17) is 0 Å². The van der Waals surface area contributed by atoms with Crippen LogP contribution in [0.25, 0.3) is 0 Å². The van der Waals surface area contributed by atoms with Crippen molar-refractivity contribution in [3.8, 4) is 0 Å². The monoisotopic (exact) mass is 170 g/mol. The fraction of sp³-hybridized carbons (Fsp3) is 0.286. The normalized spacial score (nSPS) is 9.27. The van der Waals surface area contributed by atoms with Gasteiger partial charge in [0.1, 0.15) is 0 Å². The number of carbonyl (C=O) groups excluding carboxylic acids is 1. The molecule has 0 aliphatic rings. The van der Waals surface area contributed by atoms with Crippen LogP contribution in [0.1, 0.15) is 0 Å². The molecule has 1 aromatic heterocycles. The van der Waals surface area contributed by atoms with Crippen LogP contribution >= 0.6 is 11.3 Å². The zero-order chi connectivity index (χ0) is 8.27. The maximum absolute atomic E-state index is 11.0. The predicted molar refractivity (Wildman–Crippen MR) is 47.0 cm³/mol. The summed E-state index contributed by atoms with van der Waals surface area (Å²) in [6.07, 6.45) is 0. The number of thiophene rings is 1. The molecule has 1 N–H and O–H groups in total. The van der Waals surface area contributed by atoms with Gasteiger partial charge < -0.3 is 4.90 Å². The maximum Gasteiger partial charge on any atom is 0.321 e. The van der Waals surface area contributed by atoms with E-state index >= 15 is 0 Å².